The Bertz CT molecular complexity index is 1180. The van der Waals surface area contributed by atoms with Crippen molar-refractivity contribution in [2.75, 3.05) is 11.4 Å². The van der Waals surface area contributed by atoms with Crippen LogP contribution in [0.25, 0.3) is 11.2 Å². The minimum Gasteiger partial charge on any atom is -0.340 e. The lowest BCUT2D eigenvalue weighted by atomic mass is 10.2. The molecule has 28 heavy (non-hydrogen) atoms. The number of aromatic nitrogens is 4. The summed E-state index contributed by atoms with van der Waals surface area (Å²) in [6, 6.07) is 20.2. The SMILES string of the molecule is Cn1c(=O)c2c(ncn2CCN(c2ccccc2)c2ccccc2)n(C)c1=O. The Morgan fingerprint density at radius 3 is 2.00 bits per heavy atom. The molecule has 2 aromatic heterocycles. The Morgan fingerprint density at radius 1 is 0.857 bits per heavy atom. The van der Waals surface area contributed by atoms with E-state index in [4.69, 9.17) is 0 Å². The fraction of sp³-hybridized carbons (Fsp3) is 0.190. The molecule has 0 bridgehead atoms. The number of nitrogens with zero attached hydrogens (tertiary/aromatic N) is 5. The van der Waals surface area contributed by atoms with Crippen LogP contribution in [0.4, 0.5) is 11.4 Å². The summed E-state index contributed by atoms with van der Waals surface area (Å²) in [7, 11) is 3.11. The fourth-order valence-corrected chi connectivity index (χ4v) is 3.40. The van der Waals surface area contributed by atoms with Gasteiger partial charge in [-0.3, -0.25) is 13.9 Å². The van der Waals surface area contributed by atoms with Crippen LogP contribution in [-0.4, -0.2) is 25.2 Å². The molecule has 0 aliphatic rings. The Hall–Kier alpha value is -3.61. The van der Waals surface area contributed by atoms with Gasteiger partial charge in [0.05, 0.1) is 6.33 Å². The molecule has 0 aliphatic carbocycles. The van der Waals surface area contributed by atoms with Gasteiger partial charge in [0, 0.05) is 38.6 Å². The van der Waals surface area contributed by atoms with Crippen molar-refractivity contribution in [3.05, 3.63) is 87.8 Å². The van der Waals surface area contributed by atoms with Crippen molar-refractivity contribution in [2.24, 2.45) is 14.1 Å². The summed E-state index contributed by atoms with van der Waals surface area (Å²) in [5.74, 6) is 0. The molecule has 7 nitrogen and oxygen atoms in total. The van der Waals surface area contributed by atoms with E-state index in [9.17, 15) is 9.59 Å². The van der Waals surface area contributed by atoms with Crippen molar-refractivity contribution in [2.45, 2.75) is 6.54 Å². The molecular weight excluding hydrogens is 354 g/mol. The number of imidazole rings is 1. The molecule has 142 valence electrons. The topological polar surface area (TPSA) is 65.1 Å². The average Bonchev–Trinajstić information content (AvgIpc) is 3.16. The van der Waals surface area contributed by atoms with Crippen LogP contribution in [0.1, 0.15) is 0 Å². The molecule has 0 aliphatic heterocycles. The van der Waals surface area contributed by atoms with Gasteiger partial charge in [-0.25, -0.2) is 9.78 Å². The van der Waals surface area contributed by atoms with Crippen molar-refractivity contribution in [1.82, 2.24) is 18.7 Å². The van der Waals surface area contributed by atoms with E-state index < -0.39 is 0 Å². The summed E-state index contributed by atoms with van der Waals surface area (Å²) >= 11 is 0. The molecule has 7 heteroatoms. The first kappa shape index (κ1) is 17.8. The van der Waals surface area contributed by atoms with Gasteiger partial charge in [0.15, 0.2) is 11.2 Å². The lowest BCUT2D eigenvalue weighted by Crippen LogP contribution is -2.37. The number of hydrogen-bond acceptors (Lipinski definition) is 4. The summed E-state index contributed by atoms with van der Waals surface area (Å²) in [4.78, 5) is 31.3. The lowest BCUT2D eigenvalue weighted by Gasteiger charge is -2.25. The monoisotopic (exact) mass is 375 g/mol. The van der Waals surface area contributed by atoms with E-state index in [1.807, 2.05) is 41.0 Å². The Labute approximate surface area is 161 Å². The maximum atomic E-state index is 12.6. The van der Waals surface area contributed by atoms with Gasteiger partial charge in [0.25, 0.3) is 5.56 Å². The second kappa shape index (κ2) is 7.19. The standard InChI is InChI=1S/C21H21N5O2/c1-23-19-18(20(27)24(2)21(23)28)25(15-22-19)13-14-26(16-9-5-3-6-10-16)17-11-7-4-8-12-17/h3-12,15H,13-14H2,1-2H3. The molecule has 0 atom stereocenters. The molecule has 2 heterocycles. The average molecular weight is 375 g/mol. The molecule has 0 saturated heterocycles. The molecule has 0 N–H and O–H groups in total. The van der Waals surface area contributed by atoms with Gasteiger partial charge >= 0.3 is 5.69 Å². The van der Waals surface area contributed by atoms with Gasteiger partial charge in [-0.1, -0.05) is 36.4 Å². The first-order chi connectivity index (χ1) is 13.6. The quantitative estimate of drug-likeness (QED) is 0.537. The van der Waals surface area contributed by atoms with E-state index in [2.05, 4.69) is 34.1 Å². The molecule has 0 fully saturated rings. The zero-order valence-corrected chi connectivity index (χ0v) is 15.8. The summed E-state index contributed by atoms with van der Waals surface area (Å²) < 4.78 is 4.34. The van der Waals surface area contributed by atoms with Gasteiger partial charge < -0.3 is 9.47 Å². The highest BCUT2D eigenvalue weighted by molar-refractivity contribution is 5.70. The lowest BCUT2D eigenvalue weighted by molar-refractivity contribution is 0.686. The van der Waals surface area contributed by atoms with Crippen LogP contribution in [0.15, 0.2) is 76.6 Å². The molecule has 0 amide bonds. The molecule has 4 rings (SSSR count). The van der Waals surface area contributed by atoms with Crippen molar-refractivity contribution >= 4 is 22.5 Å². The zero-order valence-electron chi connectivity index (χ0n) is 15.8. The molecule has 0 spiro atoms. The summed E-state index contributed by atoms with van der Waals surface area (Å²) in [5.41, 5.74) is 2.26. The maximum Gasteiger partial charge on any atom is 0.332 e. The number of benzene rings is 2. The van der Waals surface area contributed by atoms with E-state index in [1.165, 1.54) is 11.6 Å². The van der Waals surface area contributed by atoms with Crippen LogP contribution >= 0.6 is 0 Å². The number of anilines is 2. The first-order valence-electron chi connectivity index (χ1n) is 9.06. The van der Waals surface area contributed by atoms with E-state index in [0.717, 1.165) is 15.9 Å². The van der Waals surface area contributed by atoms with Gasteiger partial charge in [0.1, 0.15) is 0 Å². The predicted octanol–water partition coefficient (Wildman–Crippen LogP) is 2.27. The third kappa shape index (κ3) is 3.00. The predicted molar refractivity (Wildman–Crippen MR) is 110 cm³/mol. The van der Waals surface area contributed by atoms with Crippen LogP contribution < -0.4 is 16.1 Å². The third-order valence-corrected chi connectivity index (χ3v) is 4.92. The molecule has 2 aromatic carbocycles. The van der Waals surface area contributed by atoms with Gasteiger partial charge in [-0.15, -0.1) is 0 Å². The van der Waals surface area contributed by atoms with Crippen LogP contribution in [0.3, 0.4) is 0 Å². The first-order valence-corrected chi connectivity index (χ1v) is 9.06. The third-order valence-electron chi connectivity index (χ3n) is 4.92. The maximum absolute atomic E-state index is 12.6. The molecule has 0 saturated carbocycles. The Balaban J connectivity index is 1.73. The minimum atomic E-state index is -0.377. The highest BCUT2D eigenvalue weighted by atomic mass is 16.2. The highest BCUT2D eigenvalue weighted by Gasteiger charge is 2.15. The molecular formula is C21H21N5O2. The van der Waals surface area contributed by atoms with Crippen LogP contribution in [0, 0.1) is 0 Å². The molecule has 0 radical (unpaired) electrons. The second-order valence-corrected chi connectivity index (χ2v) is 6.64. The summed E-state index contributed by atoms with van der Waals surface area (Å²) in [5, 5.41) is 0. The zero-order chi connectivity index (χ0) is 19.7. The van der Waals surface area contributed by atoms with E-state index in [0.29, 0.717) is 24.3 Å². The fourth-order valence-electron chi connectivity index (χ4n) is 3.40. The number of para-hydroxylation sites is 2. The normalized spacial score (nSPS) is 11.1. The van der Waals surface area contributed by atoms with E-state index in [-0.39, 0.29) is 11.2 Å². The van der Waals surface area contributed by atoms with Crippen LogP contribution in [0.2, 0.25) is 0 Å². The van der Waals surface area contributed by atoms with Gasteiger partial charge in [0.2, 0.25) is 0 Å². The number of rotatable bonds is 5. The van der Waals surface area contributed by atoms with E-state index >= 15 is 0 Å². The van der Waals surface area contributed by atoms with Crippen LogP contribution in [0.5, 0.6) is 0 Å². The van der Waals surface area contributed by atoms with Crippen LogP contribution in [-0.2, 0) is 20.6 Å². The van der Waals surface area contributed by atoms with Gasteiger partial charge in [-0.2, -0.15) is 0 Å². The van der Waals surface area contributed by atoms with Crippen molar-refractivity contribution in [1.29, 1.82) is 0 Å². The molecule has 0 unspecified atom stereocenters. The van der Waals surface area contributed by atoms with Crippen molar-refractivity contribution in [3.63, 3.8) is 0 Å². The summed E-state index contributed by atoms with van der Waals surface area (Å²) in [6.07, 6.45) is 1.62. The minimum absolute atomic E-state index is 0.332. The molecule has 4 aromatic rings. The Kier molecular flexibility index (Phi) is 4.57. The Morgan fingerprint density at radius 2 is 1.43 bits per heavy atom. The van der Waals surface area contributed by atoms with Crippen molar-refractivity contribution in [3.8, 4) is 0 Å². The highest BCUT2D eigenvalue weighted by Crippen LogP contribution is 2.24. The smallest absolute Gasteiger partial charge is 0.332 e. The number of hydrogen-bond donors (Lipinski definition) is 0. The second-order valence-electron chi connectivity index (χ2n) is 6.64. The summed E-state index contributed by atoms with van der Waals surface area (Å²) in [6.45, 7) is 1.19. The van der Waals surface area contributed by atoms with Crippen molar-refractivity contribution < 1.29 is 0 Å². The van der Waals surface area contributed by atoms with Gasteiger partial charge in [-0.05, 0) is 24.3 Å². The largest absolute Gasteiger partial charge is 0.340 e. The number of fused-ring (bicyclic) bond motifs is 1. The number of aryl methyl sites for hydroxylation is 1. The van der Waals surface area contributed by atoms with E-state index in [1.54, 1.807) is 13.4 Å².